The van der Waals surface area contributed by atoms with Crippen LogP contribution in [0.1, 0.15) is 19.4 Å². The highest BCUT2D eigenvalue weighted by Crippen LogP contribution is 2.18. The van der Waals surface area contributed by atoms with Crippen LogP contribution in [-0.2, 0) is 26.2 Å². The molecular formula is C15H21N3O4S. The quantitative estimate of drug-likeness (QED) is 0.847. The molecule has 2 rings (SSSR count). The summed E-state index contributed by atoms with van der Waals surface area (Å²) in [7, 11) is -3.55. The van der Waals surface area contributed by atoms with E-state index in [0.29, 0.717) is 32.7 Å². The predicted octanol–water partition coefficient (Wildman–Crippen LogP) is 0.176. The zero-order valence-electron chi connectivity index (χ0n) is 13.3. The second-order valence-electron chi connectivity index (χ2n) is 5.46. The Bertz CT molecular complexity index is 677. The summed E-state index contributed by atoms with van der Waals surface area (Å²) < 4.78 is 26.6. The molecule has 7 nitrogen and oxygen atoms in total. The van der Waals surface area contributed by atoms with E-state index in [0.717, 1.165) is 5.56 Å². The molecule has 0 unspecified atom stereocenters. The first-order valence-corrected chi connectivity index (χ1v) is 8.84. The lowest BCUT2D eigenvalue weighted by Gasteiger charge is -2.33. The third-order valence-electron chi connectivity index (χ3n) is 3.79. The molecule has 2 amide bonds. The number of benzene rings is 1. The van der Waals surface area contributed by atoms with Crippen molar-refractivity contribution in [2.75, 3.05) is 26.2 Å². The van der Waals surface area contributed by atoms with Crippen LogP contribution in [0, 0.1) is 0 Å². The first kappa shape index (κ1) is 17.4. The lowest BCUT2D eigenvalue weighted by Crippen LogP contribution is -2.49. The van der Waals surface area contributed by atoms with Crippen molar-refractivity contribution in [1.82, 2.24) is 14.5 Å². The lowest BCUT2D eigenvalue weighted by molar-refractivity contribution is -0.130. The summed E-state index contributed by atoms with van der Waals surface area (Å²) in [4.78, 5) is 24.0. The first-order valence-electron chi connectivity index (χ1n) is 7.40. The maximum atomic E-state index is 12.6. The van der Waals surface area contributed by atoms with Gasteiger partial charge in [-0.25, -0.2) is 8.42 Å². The number of hydrogen-bond acceptors (Lipinski definition) is 4. The summed E-state index contributed by atoms with van der Waals surface area (Å²) in [5.41, 5.74) is 0.834. The highest BCUT2D eigenvalue weighted by molar-refractivity contribution is 7.89. The zero-order chi connectivity index (χ0) is 17.0. The summed E-state index contributed by atoms with van der Waals surface area (Å²) in [6.07, 6.45) is 0. The SMILES string of the molecule is CC(=O)NCc1ccc(S(=O)(=O)N2CCN(C(C)=O)CC2)cc1. The van der Waals surface area contributed by atoms with Gasteiger partial charge in [0.15, 0.2) is 0 Å². The molecule has 23 heavy (non-hydrogen) atoms. The summed E-state index contributed by atoms with van der Waals surface area (Å²) in [6, 6.07) is 6.47. The fraction of sp³-hybridized carbons (Fsp3) is 0.467. The number of rotatable bonds is 4. The van der Waals surface area contributed by atoms with Crippen LogP contribution in [0.4, 0.5) is 0 Å². The predicted molar refractivity (Wildman–Crippen MR) is 85.0 cm³/mol. The Kier molecular flexibility index (Phi) is 5.38. The lowest BCUT2D eigenvalue weighted by atomic mass is 10.2. The van der Waals surface area contributed by atoms with Gasteiger partial charge in [0.05, 0.1) is 4.90 Å². The molecule has 1 fully saturated rings. The van der Waals surface area contributed by atoms with E-state index in [1.165, 1.54) is 18.2 Å². The van der Waals surface area contributed by atoms with Crippen LogP contribution < -0.4 is 5.32 Å². The normalized spacial score (nSPS) is 16.2. The molecule has 0 radical (unpaired) electrons. The van der Waals surface area contributed by atoms with E-state index >= 15 is 0 Å². The topological polar surface area (TPSA) is 86.8 Å². The molecular weight excluding hydrogens is 318 g/mol. The molecule has 8 heteroatoms. The Labute approximate surface area is 136 Å². The largest absolute Gasteiger partial charge is 0.352 e. The van der Waals surface area contributed by atoms with Crippen molar-refractivity contribution >= 4 is 21.8 Å². The monoisotopic (exact) mass is 339 g/mol. The molecule has 1 heterocycles. The molecule has 1 aliphatic rings. The van der Waals surface area contributed by atoms with E-state index < -0.39 is 10.0 Å². The van der Waals surface area contributed by atoms with Crippen LogP contribution in [-0.4, -0.2) is 55.6 Å². The zero-order valence-corrected chi connectivity index (χ0v) is 14.1. The highest BCUT2D eigenvalue weighted by Gasteiger charge is 2.29. The number of hydrogen-bond donors (Lipinski definition) is 1. The fourth-order valence-electron chi connectivity index (χ4n) is 2.40. The molecule has 0 aliphatic carbocycles. The minimum absolute atomic E-state index is 0.0376. The van der Waals surface area contributed by atoms with Crippen LogP contribution >= 0.6 is 0 Å². The van der Waals surface area contributed by atoms with E-state index in [9.17, 15) is 18.0 Å². The Morgan fingerprint density at radius 2 is 1.61 bits per heavy atom. The van der Waals surface area contributed by atoms with Gasteiger partial charge in [-0.15, -0.1) is 0 Å². The maximum absolute atomic E-state index is 12.6. The molecule has 0 aromatic heterocycles. The average molecular weight is 339 g/mol. The Morgan fingerprint density at radius 3 is 2.09 bits per heavy atom. The number of nitrogens with zero attached hydrogens (tertiary/aromatic N) is 2. The molecule has 126 valence electrons. The van der Waals surface area contributed by atoms with Crippen molar-refractivity contribution in [1.29, 1.82) is 0 Å². The fourth-order valence-corrected chi connectivity index (χ4v) is 3.82. The molecule has 0 saturated carbocycles. The standard InChI is InChI=1S/C15H21N3O4S/c1-12(19)16-11-14-3-5-15(6-4-14)23(21,22)18-9-7-17(8-10-18)13(2)20/h3-6H,7-11H2,1-2H3,(H,16,19). The van der Waals surface area contributed by atoms with Gasteiger partial charge in [0.1, 0.15) is 0 Å². The minimum atomic E-state index is -3.55. The van der Waals surface area contributed by atoms with Gasteiger partial charge in [-0.2, -0.15) is 4.31 Å². The summed E-state index contributed by atoms with van der Waals surface area (Å²) >= 11 is 0. The molecule has 1 aromatic rings. The Hall–Kier alpha value is -1.93. The third kappa shape index (κ3) is 4.29. The van der Waals surface area contributed by atoms with Gasteiger partial charge >= 0.3 is 0 Å². The smallest absolute Gasteiger partial charge is 0.243 e. The number of carbonyl (C=O) groups excluding carboxylic acids is 2. The molecule has 1 aromatic carbocycles. The van der Waals surface area contributed by atoms with Gasteiger partial charge in [0.2, 0.25) is 21.8 Å². The van der Waals surface area contributed by atoms with E-state index in [4.69, 9.17) is 0 Å². The van der Waals surface area contributed by atoms with E-state index in [1.54, 1.807) is 29.2 Å². The number of nitrogens with one attached hydrogen (secondary N) is 1. The number of carbonyl (C=O) groups is 2. The number of sulfonamides is 1. The molecule has 0 bridgehead atoms. The first-order chi connectivity index (χ1) is 10.8. The van der Waals surface area contributed by atoms with Crippen LogP contribution in [0.25, 0.3) is 0 Å². The van der Waals surface area contributed by atoms with Crippen molar-refractivity contribution in [2.24, 2.45) is 0 Å². The molecule has 1 aliphatic heterocycles. The van der Waals surface area contributed by atoms with Crippen LogP contribution in [0.5, 0.6) is 0 Å². The summed E-state index contributed by atoms with van der Waals surface area (Å²) in [6.45, 7) is 4.71. The van der Waals surface area contributed by atoms with Crippen LogP contribution in [0.3, 0.4) is 0 Å². The molecule has 0 atom stereocenters. The molecule has 1 N–H and O–H groups in total. The second-order valence-corrected chi connectivity index (χ2v) is 7.40. The summed E-state index contributed by atoms with van der Waals surface area (Å²) in [5.74, 6) is -0.172. The van der Waals surface area contributed by atoms with Crippen molar-refractivity contribution in [2.45, 2.75) is 25.3 Å². The van der Waals surface area contributed by atoms with E-state index in [-0.39, 0.29) is 16.7 Å². The van der Waals surface area contributed by atoms with Crippen molar-refractivity contribution in [3.63, 3.8) is 0 Å². The minimum Gasteiger partial charge on any atom is -0.352 e. The van der Waals surface area contributed by atoms with Gasteiger partial charge in [0, 0.05) is 46.6 Å². The average Bonchev–Trinajstić information content (AvgIpc) is 2.53. The highest BCUT2D eigenvalue weighted by atomic mass is 32.2. The molecule has 0 spiro atoms. The second kappa shape index (κ2) is 7.10. The van der Waals surface area contributed by atoms with Crippen LogP contribution in [0.2, 0.25) is 0 Å². The van der Waals surface area contributed by atoms with E-state index in [2.05, 4.69) is 5.32 Å². The van der Waals surface area contributed by atoms with Crippen LogP contribution in [0.15, 0.2) is 29.2 Å². The van der Waals surface area contributed by atoms with Gasteiger partial charge < -0.3 is 10.2 Å². The maximum Gasteiger partial charge on any atom is 0.243 e. The van der Waals surface area contributed by atoms with Crippen molar-refractivity contribution < 1.29 is 18.0 Å². The summed E-state index contributed by atoms with van der Waals surface area (Å²) in [5, 5.41) is 2.66. The van der Waals surface area contributed by atoms with Gasteiger partial charge in [0.25, 0.3) is 0 Å². The Balaban J connectivity index is 2.05. The van der Waals surface area contributed by atoms with Crippen molar-refractivity contribution in [3.8, 4) is 0 Å². The van der Waals surface area contributed by atoms with Gasteiger partial charge in [-0.3, -0.25) is 9.59 Å². The van der Waals surface area contributed by atoms with Gasteiger partial charge in [-0.1, -0.05) is 12.1 Å². The Morgan fingerprint density at radius 1 is 1.04 bits per heavy atom. The van der Waals surface area contributed by atoms with E-state index in [1.807, 2.05) is 0 Å². The van der Waals surface area contributed by atoms with Gasteiger partial charge in [-0.05, 0) is 17.7 Å². The number of amides is 2. The number of piperazine rings is 1. The third-order valence-corrected chi connectivity index (χ3v) is 5.70. The van der Waals surface area contributed by atoms with Crippen molar-refractivity contribution in [3.05, 3.63) is 29.8 Å². The molecule has 1 saturated heterocycles.